The third-order valence-electron chi connectivity index (χ3n) is 4.29. The van der Waals surface area contributed by atoms with Crippen molar-refractivity contribution in [1.82, 2.24) is 10.0 Å². The van der Waals surface area contributed by atoms with Crippen LogP contribution in [-0.2, 0) is 21.2 Å². The predicted molar refractivity (Wildman–Crippen MR) is 110 cm³/mol. The van der Waals surface area contributed by atoms with Crippen LogP contribution >= 0.6 is 0 Å². The molecule has 0 radical (unpaired) electrons. The predicted octanol–water partition coefficient (Wildman–Crippen LogP) is 0.310. The highest BCUT2D eigenvalue weighted by molar-refractivity contribution is 7.89. The summed E-state index contributed by atoms with van der Waals surface area (Å²) in [4.78, 5) is 21.9. The number of carbonyl (C=O) groups is 1. The average molecular weight is 436 g/mol. The highest BCUT2D eigenvalue weighted by Gasteiger charge is 2.22. The van der Waals surface area contributed by atoms with E-state index in [4.69, 9.17) is 5.73 Å². The Hall–Kier alpha value is -2.86. The van der Waals surface area contributed by atoms with Gasteiger partial charge in [-0.05, 0) is 30.5 Å². The van der Waals surface area contributed by atoms with Crippen LogP contribution in [0.5, 0.6) is 0 Å². The van der Waals surface area contributed by atoms with Crippen molar-refractivity contribution >= 4 is 21.6 Å². The fraction of sp³-hybridized carbons (Fsp3) is 0.316. The van der Waals surface area contributed by atoms with E-state index in [2.05, 4.69) is 10.0 Å². The normalized spacial score (nSPS) is 13.4. The fourth-order valence-electron chi connectivity index (χ4n) is 2.63. The maximum Gasteiger partial charge on any atom is 0.269 e. The standard InChI is InChI=1S/C19H24N4O6S/c20-17(13-14-5-2-1-3-6-14)18(24)19(25)21-11-4-12-22-30(28,29)16-9-7-15(8-10-16)23(26)27/h1-3,5-10,17-18,22,24H,4,11-13,20H2,(H,21,25)/t17-,18+/m0/s1. The molecule has 0 heterocycles. The van der Waals surface area contributed by atoms with Crippen LogP contribution in [0.15, 0.2) is 59.5 Å². The lowest BCUT2D eigenvalue weighted by Gasteiger charge is -2.18. The smallest absolute Gasteiger partial charge is 0.269 e. The number of benzene rings is 2. The molecule has 2 aromatic carbocycles. The molecule has 5 N–H and O–H groups in total. The van der Waals surface area contributed by atoms with E-state index in [1.807, 2.05) is 30.3 Å². The topological polar surface area (TPSA) is 165 Å². The zero-order chi connectivity index (χ0) is 22.1. The van der Waals surface area contributed by atoms with Crippen LogP contribution in [0.3, 0.4) is 0 Å². The first-order chi connectivity index (χ1) is 14.2. The SMILES string of the molecule is N[C@@H](Cc1ccccc1)[C@@H](O)C(=O)NCCCNS(=O)(=O)c1ccc([N+](=O)[O-])cc1. The highest BCUT2D eigenvalue weighted by Crippen LogP contribution is 2.15. The van der Waals surface area contributed by atoms with Gasteiger partial charge in [-0.1, -0.05) is 30.3 Å². The minimum absolute atomic E-state index is 0.0335. The Morgan fingerprint density at radius 3 is 2.33 bits per heavy atom. The molecule has 0 aliphatic carbocycles. The van der Waals surface area contributed by atoms with E-state index < -0.39 is 33.0 Å². The van der Waals surface area contributed by atoms with Gasteiger partial charge in [0.25, 0.3) is 5.69 Å². The molecular weight excluding hydrogens is 412 g/mol. The summed E-state index contributed by atoms with van der Waals surface area (Å²) in [5, 5.41) is 23.2. The first-order valence-corrected chi connectivity index (χ1v) is 10.7. The van der Waals surface area contributed by atoms with E-state index in [9.17, 15) is 28.4 Å². The molecule has 0 aromatic heterocycles. The minimum atomic E-state index is -3.82. The number of sulfonamides is 1. The molecule has 1 amide bonds. The second-order valence-electron chi connectivity index (χ2n) is 6.59. The summed E-state index contributed by atoms with van der Waals surface area (Å²) in [6.07, 6.45) is -0.773. The monoisotopic (exact) mass is 436 g/mol. The van der Waals surface area contributed by atoms with Gasteiger partial charge in [0.05, 0.1) is 9.82 Å². The van der Waals surface area contributed by atoms with Crippen LogP contribution in [-0.4, -0.2) is 49.6 Å². The van der Waals surface area contributed by atoms with Crippen molar-refractivity contribution in [2.45, 2.75) is 29.9 Å². The number of carbonyl (C=O) groups excluding carboxylic acids is 1. The van der Waals surface area contributed by atoms with Crippen molar-refractivity contribution in [2.24, 2.45) is 5.73 Å². The summed E-state index contributed by atoms with van der Waals surface area (Å²) >= 11 is 0. The molecule has 0 saturated carbocycles. The molecule has 10 nitrogen and oxygen atoms in total. The minimum Gasteiger partial charge on any atom is -0.382 e. The number of nitrogens with two attached hydrogens (primary N) is 1. The second kappa shape index (κ2) is 10.8. The lowest BCUT2D eigenvalue weighted by molar-refractivity contribution is -0.384. The Morgan fingerprint density at radius 2 is 1.73 bits per heavy atom. The van der Waals surface area contributed by atoms with Gasteiger partial charge in [0.15, 0.2) is 0 Å². The summed E-state index contributed by atoms with van der Waals surface area (Å²) in [5.74, 6) is -0.628. The molecule has 0 bridgehead atoms. The van der Waals surface area contributed by atoms with E-state index in [0.717, 1.165) is 29.8 Å². The zero-order valence-electron chi connectivity index (χ0n) is 16.1. The summed E-state index contributed by atoms with van der Waals surface area (Å²) in [5.41, 5.74) is 6.58. The second-order valence-corrected chi connectivity index (χ2v) is 8.36. The molecule has 0 aliphatic rings. The van der Waals surface area contributed by atoms with Gasteiger partial charge in [0.2, 0.25) is 15.9 Å². The van der Waals surface area contributed by atoms with Crippen LogP contribution in [0.2, 0.25) is 0 Å². The fourth-order valence-corrected chi connectivity index (χ4v) is 3.71. The van der Waals surface area contributed by atoms with Gasteiger partial charge in [-0.2, -0.15) is 0 Å². The first kappa shape index (κ1) is 23.4. The molecule has 2 atom stereocenters. The Morgan fingerprint density at radius 1 is 1.10 bits per heavy atom. The van der Waals surface area contributed by atoms with Crippen LogP contribution in [0, 0.1) is 10.1 Å². The first-order valence-electron chi connectivity index (χ1n) is 9.20. The van der Waals surface area contributed by atoms with Gasteiger partial charge in [0, 0.05) is 31.3 Å². The van der Waals surface area contributed by atoms with E-state index in [1.54, 1.807) is 0 Å². The molecule has 30 heavy (non-hydrogen) atoms. The van der Waals surface area contributed by atoms with Crippen molar-refractivity contribution in [3.63, 3.8) is 0 Å². The molecule has 0 aliphatic heterocycles. The number of nitro groups is 1. The van der Waals surface area contributed by atoms with Gasteiger partial charge >= 0.3 is 0 Å². The van der Waals surface area contributed by atoms with E-state index in [0.29, 0.717) is 6.42 Å². The summed E-state index contributed by atoms with van der Waals surface area (Å²) in [7, 11) is -3.82. The molecule has 11 heteroatoms. The van der Waals surface area contributed by atoms with Crippen molar-refractivity contribution in [1.29, 1.82) is 0 Å². The molecule has 0 saturated heterocycles. The number of hydrogen-bond donors (Lipinski definition) is 4. The van der Waals surface area contributed by atoms with Gasteiger partial charge in [-0.25, -0.2) is 13.1 Å². The Kier molecular flexibility index (Phi) is 8.42. The van der Waals surface area contributed by atoms with Gasteiger partial charge < -0.3 is 16.2 Å². The van der Waals surface area contributed by atoms with Crippen LogP contribution < -0.4 is 15.8 Å². The number of nitro benzene ring substituents is 1. The van der Waals surface area contributed by atoms with Crippen LogP contribution in [0.1, 0.15) is 12.0 Å². The number of aliphatic hydroxyl groups is 1. The third kappa shape index (κ3) is 6.88. The number of hydrogen-bond acceptors (Lipinski definition) is 7. The van der Waals surface area contributed by atoms with Gasteiger partial charge in [0.1, 0.15) is 6.10 Å². The maximum absolute atomic E-state index is 12.2. The molecule has 162 valence electrons. The molecule has 2 rings (SSSR count). The third-order valence-corrected chi connectivity index (χ3v) is 5.77. The Labute approximate surface area is 174 Å². The summed E-state index contributed by atoms with van der Waals surface area (Å²) in [6.45, 7) is 0.169. The largest absolute Gasteiger partial charge is 0.382 e. The number of rotatable bonds is 11. The lowest BCUT2D eigenvalue weighted by Crippen LogP contribution is -2.47. The Bertz CT molecular complexity index is 951. The van der Waals surface area contributed by atoms with E-state index in [-0.39, 0.29) is 30.1 Å². The van der Waals surface area contributed by atoms with E-state index in [1.165, 1.54) is 0 Å². The number of non-ortho nitro benzene ring substituents is 1. The van der Waals surface area contributed by atoms with Crippen molar-refractivity contribution < 1.29 is 23.2 Å². The zero-order valence-corrected chi connectivity index (χ0v) is 16.9. The molecule has 0 spiro atoms. The van der Waals surface area contributed by atoms with Gasteiger partial charge in [-0.3, -0.25) is 14.9 Å². The van der Waals surface area contributed by atoms with Gasteiger partial charge in [-0.15, -0.1) is 0 Å². The van der Waals surface area contributed by atoms with Crippen LogP contribution in [0.25, 0.3) is 0 Å². The van der Waals surface area contributed by atoms with Crippen LogP contribution in [0.4, 0.5) is 5.69 Å². The van der Waals surface area contributed by atoms with E-state index >= 15 is 0 Å². The number of aliphatic hydroxyl groups excluding tert-OH is 1. The highest BCUT2D eigenvalue weighted by atomic mass is 32.2. The van der Waals surface area contributed by atoms with Crippen molar-refractivity contribution in [3.8, 4) is 0 Å². The van der Waals surface area contributed by atoms with Crippen molar-refractivity contribution in [3.05, 3.63) is 70.3 Å². The number of nitrogens with zero attached hydrogens (tertiary/aromatic N) is 1. The quantitative estimate of drug-likeness (QED) is 0.223. The number of amides is 1. The molecule has 2 aromatic rings. The molecule has 0 fully saturated rings. The molecule has 0 unspecified atom stereocenters. The lowest BCUT2D eigenvalue weighted by atomic mass is 10.0. The molecular formula is C19H24N4O6S. The Balaban J connectivity index is 1.73. The number of nitrogens with one attached hydrogen (secondary N) is 2. The summed E-state index contributed by atoms with van der Waals surface area (Å²) in [6, 6.07) is 13.0. The average Bonchev–Trinajstić information content (AvgIpc) is 2.73. The van der Waals surface area contributed by atoms with Crippen molar-refractivity contribution in [2.75, 3.05) is 13.1 Å². The summed E-state index contributed by atoms with van der Waals surface area (Å²) < 4.78 is 26.7. The maximum atomic E-state index is 12.2.